The van der Waals surface area contributed by atoms with Gasteiger partial charge < -0.3 is 10.5 Å². The van der Waals surface area contributed by atoms with Crippen molar-refractivity contribution in [1.82, 2.24) is 9.78 Å². The second-order valence-corrected chi connectivity index (χ2v) is 3.05. The molecule has 60 valence electrons. The van der Waals surface area contributed by atoms with Gasteiger partial charge in [0.25, 0.3) is 0 Å². The molecule has 0 aliphatic carbocycles. The van der Waals surface area contributed by atoms with E-state index in [-0.39, 0.29) is 5.54 Å². The highest BCUT2D eigenvalue weighted by Crippen LogP contribution is 2.25. The van der Waals surface area contributed by atoms with E-state index in [1.165, 1.54) is 0 Å². The topological polar surface area (TPSA) is 53.1 Å². The van der Waals surface area contributed by atoms with Crippen molar-refractivity contribution in [2.75, 3.05) is 13.2 Å². The van der Waals surface area contributed by atoms with Crippen LogP contribution in [0, 0.1) is 0 Å². The number of aryl methyl sites for hydroxylation is 1. The molecule has 0 saturated carbocycles. The van der Waals surface area contributed by atoms with E-state index < -0.39 is 0 Å². The predicted octanol–water partition coefficient (Wildman–Crippen LogP) is -0.396. The maximum Gasteiger partial charge on any atom is 0.0914 e. The van der Waals surface area contributed by atoms with Crippen LogP contribution in [0.15, 0.2) is 12.4 Å². The van der Waals surface area contributed by atoms with E-state index in [1.807, 2.05) is 13.2 Å². The highest BCUT2D eigenvalue weighted by atomic mass is 16.5. The van der Waals surface area contributed by atoms with Gasteiger partial charge in [0.15, 0.2) is 0 Å². The molecule has 0 atom stereocenters. The summed E-state index contributed by atoms with van der Waals surface area (Å²) in [4.78, 5) is 0. The monoisotopic (exact) mass is 153 g/mol. The van der Waals surface area contributed by atoms with Crippen molar-refractivity contribution in [2.24, 2.45) is 12.8 Å². The molecule has 0 unspecified atom stereocenters. The molecule has 4 heteroatoms. The van der Waals surface area contributed by atoms with Gasteiger partial charge in [-0.1, -0.05) is 0 Å². The van der Waals surface area contributed by atoms with Crippen molar-refractivity contribution in [2.45, 2.75) is 5.54 Å². The molecule has 11 heavy (non-hydrogen) atoms. The molecule has 1 aromatic heterocycles. The zero-order valence-electron chi connectivity index (χ0n) is 6.45. The van der Waals surface area contributed by atoms with E-state index in [9.17, 15) is 0 Å². The summed E-state index contributed by atoms with van der Waals surface area (Å²) in [5.74, 6) is 0. The Bertz CT molecular complexity index is 264. The molecule has 0 radical (unpaired) electrons. The van der Waals surface area contributed by atoms with Crippen molar-refractivity contribution in [1.29, 1.82) is 0 Å². The Balaban J connectivity index is 2.28. The summed E-state index contributed by atoms with van der Waals surface area (Å²) in [6.45, 7) is 1.22. The van der Waals surface area contributed by atoms with Crippen LogP contribution in [0.4, 0.5) is 0 Å². The fraction of sp³-hybridized carbons (Fsp3) is 0.571. The maximum absolute atomic E-state index is 5.96. The smallest absolute Gasteiger partial charge is 0.0914 e. The first-order chi connectivity index (χ1) is 5.21. The van der Waals surface area contributed by atoms with Crippen LogP contribution in [0.1, 0.15) is 5.56 Å². The fourth-order valence-electron chi connectivity index (χ4n) is 1.17. The average Bonchev–Trinajstić information content (AvgIpc) is 2.31. The summed E-state index contributed by atoms with van der Waals surface area (Å²) >= 11 is 0. The third-order valence-electron chi connectivity index (χ3n) is 2.00. The molecule has 1 saturated heterocycles. The van der Waals surface area contributed by atoms with Crippen LogP contribution in [0.2, 0.25) is 0 Å². The first-order valence-corrected chi connectivity index (χ1v) is 3.56. The largest absolute Gasteiger partial charge is 0.377 e. The summed E-state index contributed by atoms with van der Waals surface area (Å²) in [6.07, 6.45) is 3.73. The van der Waals surface area contributed by atoms with Crippen LogP contribution in [-0.2, 0) is 17.3 Å². The van der Waals surface area contributed by atoms with Crippen LogP contribution in [0.3, 0.4) is 0 Å². The molecule has 0 amide bonds. The average molecular weight is 153 g/mol. The molecule has 0 spiro atoms. The van der Waals surface area contributed by atoms with E-state index in [1.54, 1.807) is 10.9 Å². The quantitative estimate of drug-likeness (QED) is 0.597. The minimum absolute atomic E-state index is 0.270. The molecule has 2 rings (SSSR count). The highest BCUT2D eigenvalue weighted by molar-refractivity contribution is 5.20. The fourth-order valence-corrected chi connectivity index (χ4v) is 1.17. The Morgan fingerprint density at radius 1 is 1.73 bits per heavy atom. The molecule has 1 fully saturated rings. The van der Waals surface area contributed by atoms with Crippen LogP contribution < -0.4 is 5.73 Å². The third kappa shape index (κ3) is 0.948. The molecular weight excluding hydrogens is 142 g/mol. The van der Waals surface area contributed by atoms with Gasteiger partial charge in [0.2, 0.25) is 0 Å². The lowest BCUT2D eigenvalue weighted by Crippen LogP contribution is -2.54. The van der Waals surface area contributed by atoms with E-state index in [0.29, 0.717) is 13.2 Å². The lowest BCUT2D eigenvalue weighted by Gasteiger charge is -2.36. The van der Waals surface area contributed by atoms with Crippen LogP contribution in [0.5, 0.6) is 0 Å². The molecule has 2 heterocycles. The van der Waals surface area contributed by atoms with Crippen LogP contribution in [0.25, 0.3) is 0 Å². The van der Waals surface area contributed by atoms with E-state index >= 15 is 0 Å². The van der Waals surface area contributed by atoms with Crippen LogP contribution >= 0.6 is 0 Å². The van der Waals surface area contributed by atoms with Crippen molar-refractivity contribution in [3.05, 3.63) is 18.0 Å². The lowest BCUT2D eigenvalue weighted by atomic mass is 9.92. The summed E-state index contributed by atoms with van der Waals surface area (Å²) in [7, 11) is 1.88. The molecule has 1 aliphatic heterocycles. The third-order valence-corrected chi connectivity index (χ3v) is 2.00. The van der Waals surface area contributed by atoms with Crippen molar-refractivity contribution in [3.63, 3.8) is 0 Å². The van der Waals surface area contributed by atoms with Gasteiger partial charge in [-0.05, 0) is 0 Å². The summed E-state index contributed by atoms with van der Waals surface area (Å²) in [6, 6.07) is 0. The minimum Gasteiger partial charge on any atom is -0.377 e. The standard InChI is InChI=1S/C7H11N3O/c1-10-3-6(2-9-10)7(8)4-11-5-7/h2-3H,4-5,8H2,1H3. The van der Waals surface area contributed by atoms with Crippen LogP contribution in [-0.4, -0.2) is 23.0 Å². The van der Waals surface area contributed by atoms with Gasteiger partial charge in [0, 0.05) is 18.8 Å². The van der Waals surface area contributed by atoms with Gasteiger partial charge in [-0.3, -0.25) is 4.68 Å². The predicted molar refractivity (Wildman–Crippen MR) is 39.9 cm³/mol. The first-order valence-electron chi connectivity index (χ1n) is 3.56. The molecular formula is C7H11N3O. The van der Waals surface area contributed by atoms with E-state index in [0.717, 1.165) is 5.56 Å². The zero-order chi connectivity index (χ0) is 7.90. The zero-order valence-corrected chi connectivity index (χ0v) is 6.45. The van der Waals surface area contributed by atoms with Gasteiger partial charge in [-0.2, -0.15) is 5.10 Å². The molecule has 0 aromatic carbocycles. The highest BCUT2D eigenvalue weighted by Gasteiger charge is 2.36. The number of hydrogen-bond acceptors (Lipinski definition) is 3. The molecule has 2 N–H and O–H groups in total. The Morgan fingerprint density at radius 2 is 2.45 bits per heavy atom. The normalized spacial score (nSPS) is 21.3. The van der Waals surface area contributed by atoms with Crippen molar-refractivity contribution < 1.29 is 4.74 Å². The summed E-state index contributed by atoms with van der Waals surface area (Å²) < 4.78 is 6.79. The van der Waals surface area contributed by atoms with Gasteiger partial charge >= 0.3 is 0 Å². The summed E-state index contributed by atoms with van der Waals surface area (Å²) in [5, 5.41) is 4.05. The van der Waals surface area contributed by atoms with Crippen molar-refractivity contribution >= 4 is 0 Å². The summed E-state index contributed by atoms with van der Waals surface area (Å²) in [5.41, 5.74) is 6.75. The molecule has 1 aliphatic rings. The lowest BCUT2D eigenvalue weighted by molar-refractivity contribution is -0.0569. The number of aromatic nitrogens is 2. The number of hydrogen-bond donors (Lipinski definition) is 1. The molecule has 4 nitrogen and oxygen atoms in total. The van der Waals surface area contributed by atoms with Gasteiger partial charge in [-0.15, -0.1) is 0 Å². The molecule has 1 aromatic rings. The SMILES string of the molecule is Cn1cc(C2(N)COC2)cn1. The second-order valence-electron chi connectivity index (χ2n) is 3.05. The van der Waals surface area contributed by atoms with Gasteiger partial charge in [-0.25, -0.2) is 0 Å². The molecule has 0 bridgehead atoms. The Hall–Kier alpha value is -0.870. The Morgan fingerprint density at radius 3 is 2.82 bits per heavy atom. The Labute approximate surface area is 64.9 Å². The van der Waals surface area contributed by atoms with Gasteiger partial charge in [0.05, 0.1) is 24.9 Å². The van der Waals surface area contributed by atoms with Gasteiger partial charge in [0.1, 0.15) is 0 Å². The Kier molecular flexibility index (Phi) is 1.27. The minimum atomic E-state index is -0.270. The number of ether oxygens (including phenoxy) is 1. The van der Waals surface area contributed by atoms with E-state index in [4.69, 9.17) is 10.5 Å². The maximum atomic E-state index is 5.96. The van der Waals surface area contributed by atoms with E-state index in [2.05, 4.69) is 5.10 Å². The number of nitrogens with two attached hydrogens (primary N) is 1. The van der Waals surface area contributed by atoms with Crippen molar-refractivity contribution in [3.8, 4) is 0 Å². The number of nitrogens with zero attached hydrogens (tertiary/aromatic N) is 2. The number of rotatable bonds is 1. The first kappa shape index (κ1) is 6.82. The second kappa shape index (κ2) is 2.06.